The molecule has 0 aliphatic carbocycles. The molecule has 0 spiro atoms. The molecule has 0 bridgehead atoms. The first-order valence-electron chi connectivity index (χ1n) is 9.02. The topological polar surface area (TPSA) is 129 Å². The van der Waals surface area contributed by atoms with Crippen molar-refractivity contribution in [1.29, 1.82) is 0 Å². The molecule has 5 atom stereocenters. The van der Waals surface area contributed by atoms with E-state index in [0.29, 0.717) is 17.7 Å². The van der Waals surface area contributed by atoms with Crippen LogP contribution in [-0.4, -0.2) is 74.1 Å². The average molecular weight is 421 g/mol. The Balaban J connectivity index is 1.76. The molecule has 1 aromatic heterocycles. The molecule has 8 nitrogen and oxygen atoms in total. The van der Waals surface area contributed by atoms with Crippen LogP contribution in [0.4, 0.5) is 0 Å². The molecule has 1 aromatic carbocycles. The lowest BCUT2D eigenvalue weighted by Gasteiger charge is -2.39. The van der Waals surface area contributed by atoms with Gasteiger partial charge in [0.1, 0.15) is 18.0 Å². The molecule has 4 N–H and O–H groups in total. The highest BCUT2D eigenvalue weighted by Crippen LogP contribution is 2.35. The molecule has 1 aliphatic heterocycles. The fraction of sp³-hybridized carbons (Fsp3) is 0.400. The number of nitrogens with zero attached hydrogens (tertiary/aromatic N) is 1. The number of methoxy groups -OCH3 is 1. The van der Waals surface area contributed by atoms with Crippen LogP contribution in [0.3, 0.4) is 0 Å². The smallest absolute Gasteiger partial charge is 0.337 e. The number of aliphatic hydroxyl groups is 4. The van der Waals surface area contributed by atoms with Gasteiger partial charge in [-0.2, -0.15) is 0 Å². The predicted octanol–water partition coefficient (Wildman–Crippen LogP) is 0.354. The number of benzene rings is 1. The van der Waals surface area contributed by atoms with Gasteiger partial charge in [-0.1, -0.05) is 12.1 Å². The second-order valence-electron chi connectivity index (χ2n) is 6.66. The highest BCUT2D eigenvalue weighted by atomic mass is 32.2. The highest BCUT2D eigenvalue weighted by Gasteiger charge is 2.44. The zero-order valence-corrected chi connectivity index (χ0v) is 16.5. The number of thioether (sulfide) groups is 1. The van der Waals surface area contributed by atoms with Gasteiger partial charge in [0.25, 0.3) is 0 Å². The van der Waals surface area contributed by atoms with E-state index in [9.17, 15) is 25.2 Å². The summed E-state index contributed by atoms with van der Waals surface area (Å²) in [6.45, 7) is -0.359. The number of carbonyl (C=O) groups is 1. The Hall–Kier alpha value is -2.17. The summed E-state index contributed by atoms with van der Waals surface area (Å²) in [5.41, 5.74) is 1.29. The van der Waals surface area contributed by atoms with Crippen molar-refractivity contribution in [2.75, 3.05) is 13.7 Å². The van der Waals surface area contributed by atoms with Crippen LogP contribution in [0.15, 0.2) is 42.7 Å². The highest BCUT2D eigenvalue weighted by molar-refractivity contribution is 8.00. The van der Waals surface area contributed by atoms with E-state index >= 15 is 0 Å². The SMILES string of the molecule is COC(=O)c1ccc(Cc2ccncc2OC2SC(CO)C(O)C(O)C2O)cc1. The summed E-state index contributed by atoms with van der Waals surface area (Å²) < 4.78 is 10.6. The van der Waals surface area contributed by atoms with Crippen molar-refractivity contribution in [1.82, 2.24) is 4.98 Å². The number of rotatable bonds is 6. The van der Waals surface area contributed by atoms with Gasteiger partial charge in [0.05, 0.1) is 36.8 Å². The van der Waals surface area contributed by atoms with Crippen molar-refractivity contribution >= 4 is 17.7 Å². The number of hydrogen-bond acceptors (Lipinski definition) is 9. The van der Waals surface area contributed by atoms with Crippen LogP contribution in [0.25, 0.3) is 0 Å². The number of aromatic nitrogens is 1. The molecular weight excluding hydrogens is 398 g/mol. The second-order valence-corrected chi connectivity index (χ2v) is 8.01. The van der Waals surface area contributed by atoms with E-state index in [1.807, 2.05) is 12.1 Å². The molecule has 0 saturated carbocycles. The molecule has 3 rings (SSSR count). The van der Waals surface area contributed by atoms with Crippen LogP contribution in [0.1, 0.15) is 21.5 Å². The van der Waals surface area contributed by atoms with E-state index in [1.54, 1.807) is 24.4 Å². The van der Waals surface area contributed by atoms with Crippen LogP contribution in [0.5, 0.6) is 5.75 Å². The lowest BCUT2D eigenvalue weighted by Crippen LogP contribution is -2.55. The molecular formula is C20H23NO7S. The van der Waals surface area contributed by atoms with Crippen molar-refractivity contribution in [2.45, 2.75) is 35.4 Å². The number of esters is 1. The molecule has 2 aromatic rings. The lowest BCUT2D eigenvalue weighted by atomic mass is 10.0. The minimum absolute atomic E-state index is 0.359. The molecule has 2 heterocycles. The van der Waals surface area contributed by atoms with Gasteiger partial charge in [0.2, 0.25) is 0 Å². The molecule has 1 saturated heterocycles. The number of aliphatic hydroxyl groups excluding tert-OH is 4. The van der Waals surface area contributed by atoms with Crippen LogP contribution in [0, 0.1) is 0 Å². The van der Waals surface area contributed by atoms with E-state index in [0.717, 1.165) is 22.9 Å². The summed E-state index contributed by atoms with van der Waals surface area (Å²) in [6, 6.07) is 8.74. The van der Waals surface area contributed by atoms with Gasteiger partial charge in [0.15, 0.2) is 5.44 Å². The molecule has 9 heteroatoms. The molecule has 1 aliphatic rings. The van der Waals surface area contributed by atoms with E-state index in [1.165, 1.54) is 13.3 Å². The first kappa shape index (κ1) is 21.5. The van der Waals surface area contributed by atoms with E-state index in [-0.39, 0.29) is 6.61 Å². The van der Waals surface area contributed by atoms with Crippen molar-refractivity contribution < 1.29 is 34.7 Å². The van der Waals surface area contributed by atoms with Crippen molar-refractivity contribution in [3.63, 3.8) is 0 Å². The van der Waals surface area contributed by atoms with Crippen LogP contribution in [0.2, 0.25) is 0 Å². The van der Waals surface area contributed by atoms with Crippen LogP contribution < -0.4 is 4.74 Å². The van der Waals surface area contributed by atoms with Gasteiger partial charge >= 0.3 is 5.97 Å². The van der Waals surface area contributed by atoms with Gasteiger partial charge in [0, 0.05) is 18.2 Å². The second kappa shape index (κ2) is 9.55. The largest absolute Gasteiger partial charge is 0.475 e. The van der Waals surface area contributed by atoms with E-state index in [2.05, 4.69) is 4.98 Å². The average Bonchev–Trinajstić information content (AvgIpc) is 2.75. The monoisotopic (exact) mass is 421 g/mol. The summed E-state index contributed by atoms with van der Waals surface area (Å²) in [5.74, 6) is 0.00773. The van der Waals surface area contributed by atoms with Crippen LogP contribution >= 0.6 is 11.8 Å². The van der Waals surface area contributed by atoms with E-state index < -0.39 is 35.0 Å². The van der Waals surface area contributed by atoms with Crippen molar-refractivity contribution in [3.8, 4) is 5.75 Å². The Kier molecular flexibility index (Phi) is 7.09. The lowest BCUT2D eigenvalue weighted by molar-refractivity contribution is -0.0910. The summed E-state index contributed by atoms with van der Waals surface area (Å²) in [4.78, 5) is 15.6. The van der Waals surface area contributed by atoms with Gasteiger partial charge < -0.3 is 29.9 Å². The fourth-order valence-corrected chi connectivity index (χ4v) is 4.28. The Labute approximate surface area is 172 Å². The van der Waals surface area contributed by atoms with Gasteiger partial charge in [-0.15, -0.1) is 11.8 Å². The van der Waals surface area contributed by atoms with Gasteiger partial charge in [-0.3, -0.25) is 4.98 Å². The normalized spacial score (nSPS) is 26.7. The molecule has 0 radical (unpaired) electrons. The maximum Gasteiger partial charge on any atom is 0.337 e. The zero-order valence-electron chi connectivity index (χ0n) is 15.7. The Bertz CT molecular complexity index is 830. The maximum absolute atomic E-state index is 11.6. The predicted molar refractivity (Wildman–Crippen MR) is 106 cm³/mol. The van der Waals surface area contributed by atoms with Crippen molar-refractivity contribution in [3.05, 3.63) is 59.4 Å². The van der Waals surface area contributed by atoms with Gasteiger partial charge in [-0.05, 0) is 23.8 Å². The quantitative estimate of drug-likeness (QED) is 0.488. The molecule has 5 unspecified atom stereocenters. The summed E-state index contributed by atoms with van der Waals surface area (Å²) >= 11 is 1.06. The minimum Gasteiger partial charge on any atom is -0.475 e. The van der Waals surface area contributed by atoms with Crippen LogP contribution in [-0.2, 0) is 11.2 Å². The number of carbonyl (C=O) groups excluding carboxylic acids is 1. The molecule has 29 heavy (non-hydrogen) atoms. The number of pyridine rings is 1. The molecule has 0 amide bonds. The molecule has 156 valence electrons. The number of ether oxygens (including phenoxy) is 2. The zero-order chi connectivity index (χ0) is 21.0. The summed E-state index contributed by atoms with van der Waals surface area (Å²) in [5, 5.41) is 39.0. The summed E-state index contributed by atoms with van der Waals surface area (Å²) in [6.07, 6.45) is -0.390. The third-order valence-corrected chi connectivity index (χ3v) is 6.15. The number of hydrogen-bond donors (Lipinski definition) is 4. The standard InChI is InChI=1S/C20H23NO7S/c1-27-19(26)12-4-2-11(3-5-12)8-13-6-7-21-9-14(13)28-20-18(25)17(24)16(23)15(10-22)29-20/h2-7,9,15-18,20,22-25H,8,10H2,1H3. The third kappa shape index (κ3) is 4.88. The summed E-state index contributed by atoms with van der Waals surface area (Å²) in [7, 11) is 1.33. The Morgan fingerprint density at radius 2 is 1.83 bits per heavy atom. The van der Waals surface area contributed by atoms with E-state index in [4.69, 9.17) is 9.47 Å². The first-order chi connectivity index (χ1) is 13.9. The third-order valence-electron chi connectivity index (χ3n) is 4.73. The minimum atomic E-state index is -1.43. The Morgan fingerprint density at radius 3 is 2.48 bits per heavy atom. The van der Waals surface area contributed by atoms with Crippen molar-refractivity contribution in [2.24, 2.45) is 0 Å². The first-order valence-corrected chi connectivity index (χ1v) is 9.96. The Morgan fingerprint density at radius 1 is 1.10 bits per heavy atom. The van der Waals surface area contributed by atoms with Gasteiger partial charge in [-0.25, -0.2) is 4.79 Å². The molecule has 1 fully saturated rings. The fourth-order valence-electron chi connectivity index (χ4n) is 3.05. The maximum atomic E-state index is 11.6.